The van der Waals surface area contributed by atoms with Crippen molar-refractivity contribution in [1.82, 2.24) is 15.1 Å². The van der Waals surface area contributed by atoms with E-state index in [1.54, 1.807) is 0 Å². The lowest BCUT2D eigenvalue weighted by molar-refractivity contribution is -0.143. The van der Waals surface area contributed by atoms with Gasteiger partial charge in [-0.2, -0.15) is 0 Å². The van der Waals surface area contributed by atoms with Crippen molar-refractivity contribution < 1.29 is 9.53 Å². The second kappa shape index (κ2) is 7.22. The minimum Gasteiger partial charge on any atom is -0.468 e. The fourth-order valence-electron chi connectivity index (χ4n) is 2.64. The topological polar surface area (TPSA) is 44.8 Å². The molecule has 0 bridgehead atoms. The van der Waals surface area contributed by atoms with Crippen LogP contribution in [-0.2, 0) is 9.53 Å². The zero-order valence-corrected chi connectivity index (χ0v) is 12.2. The normalized spacial score (nSPS) is 23.3. The van der Waals surface area contributed by atoms with Gasteiger partial charge >= 0.3 is 5.97 Å². The van der Waals surface area contributed by atoms with Gasteiger partial charge in [0.2, 0.25) is 0 Å². The van der Waals surface area contributed by atoms with Crippen LogP contribution < -0.4 is 5.32 Å². The number of nitrogens with one attached hydrogen (secondary N) is 1. The summed E-state index contributed by atoms with van der Waals surface area (Å²) in [5.41, 5.74) is 0. The number of hydrogen-bond donors (Lipinski definition) is 1. The number of carbonyl (C=O) groups is 1. The van der Waals surface area contributed by atoms with E-state index in [0.29, 0.717) is 6.04 Å². The molecule has 1 saturated heterocycles. The fourth-order valence-corrected chi connectivity index (χ4v) is 2.64. The van der Waals surface area contributed by atoms with Gasteiger partial charge in [-0.15, -0.1) is 0 Å². The summed E-state index contributed by atoms with van der Waals surface area (Å²) in [6.07, 6.45) is 3.60. The number of hydrogen-bond acceptors (Lipinski definition) is 5. The minimum atomic E-state index is -0.157. The lowest BCUT2D eigenvalue weighted by atomic mass is 10.2. The van der Waals surface area contributed by atoms with Gasteiger partial charge in [0.1, 0.15) is 6.04 Å². The monoisotopic (exact) mass is 269 g/mol. The first kappa shape index (κ1) is 14.8. The highest BCUT2D eigenvalue weighted by molar-refractivity contribution is 5.76. The van der Waals surface area contributed by atoms with Crippen molar-refractivity contribution >= 4 is 5.97 Å². The molecule has 110 valence electrons. The van der Waals surface area contributed by atoms with Gasteiger partial charge in [0.25, 0.3) is 0 Å². The van der Waals surface area contributed by atoms with Gasteiger partial charge in [-0.25, -0.2) is 0 Å². The first-order valence-electron chi connectivity index (χ1n) is 7.51. The number of ether oxygens (including phenoxy) is 1. The lowest BCUT2D eigenvalue weighted by Gasteiger charge is -2.36. The molecule has 1 saturated carbocycles. The van der Waals surface area contributed by atoms with E-state index in [-0.39, 0.29) is 12.0 Å². The number of piperazine rings is 1. The average molecular weight is 269 g/mol. The molecule has 0 amide bonds. The zero-order chi connectivity index (χ0) is 13.7. The third kappa shape index (κ3) is 4.75. The number of rotatable bonds is 7. The highest BCUT2D eigenvalue weighted by Gasteiger charge is 2.30. The van der Waals surface area contributed by atoms with Gasteiger partial charge in [0.05, 0.1) is 7.11 Å². The van der Waals surface area contributed by atoms with E-state index >= 15 is 0 Å². The van der Waals surface area contributed by atoms with Gasteiger partial charge in [-0.1, -0.05) is 6.92 Å². The van der Waals surface area contributed by atoms with Crippen LogP contribution in [0.25, 0.3) is 0 Å². The second-order valence-corrected chi connectivity index (χ2v) is 5.66. The average Bonchev–Trinajstić information content (AvgIpc) is 3.23. The van der Waals surface area contributed by atoms with Crippen LogP contribution in [0, 0.1) is 0 Å². The van der Waals surface area contributed by atoms with Crippen molar-refractivity contribution in [2.24, 2.45) is 0 Å². The second-order valence-electron chi connectivity index (χ2n) is 5.66. The molecule has 0 aromatic rings. The first-order valence-corrected chi connectivity index (χ1v) is 7.51. The Morgan fingerprint density at radius 2 is 1.89 bits per heavy atom. The largest absolute Gasteiger partial charge is 0.468 e. The van der Waals surface area contributed by atoms with Crippen molar-refractivity contribution in [3.63, 3.8) is 0 Å². The van der Waals surface area contributed by atoms with Crippen LogP contribution in [0.15, 0.2) is 0 Å². The van der Waals surface area contributed by atoms with Crippen LogP contribution >= 0.6 is 0 Å². The van der Waals surface area contributed by atoms with Crippen LogP contribution in [0.2, 0.25) is 0 Å². The summed E-state index contributed by atoms with van der Waals surface area (Å²) in [5, 5.41) is 3.40. The third-order valence-corrected chi connectivity index (χ3v) is 3.95. The van der Waals surface area contributed by atoms with E-state index < -0.39 is 0 Å². The summed E-state index contributed by atoms with van der Waals surface area (Å²) in [4.78, 5) is 16.7. The predicted molar refractivity (Wildman–Crippen MR) is 75.1 cm³/mol. The molecular formula is C14H27N3O2. The van der Waals surface area contributed by atoms with Gasteiger partial charge in [0.15, 0.2) is 0 Å². The van der Waals surface area contributed by atoms with Crippen LogP contribution in [0.4, 0.5) is 0 Å². The molecule has 1 N–H and O–H groups in total. The highest BCUT2D eigenvalue weighted by Crippen LogP contribution is 2.20. The van der Waals surface area contributed by atoms with Crippen LogP contribution in [-0.4, -0.2) is 74.2 Å². The van der Waals surface area contributed by atoms with E-state index in [9.17, 15) is 4.79 Å². The Hall–Kier alpha value is -0.650. The summed E-state index contributed by atoms with van der Waals surface area (Å²) in [6, 6.07) is 0.376. The maximum Gasteiger partial charge on any atom is 0.324 e. The zero-order valence-electron chi connectivity index (χ0n) is 12.2. The van der Waals surface area contributed by atoms with Gasteiger partial charge in [-0.3, -0.25) is 9.69 Å². The summed E-state index contributed by atoms with van der Waals surface area (Å²) >= 11 is 0. The molecule has 2 fully saturated rings. The predicted octanol–water partition coefficient (Wildman–Crippen LogP) is 0.308. The number of carbonyl (C=O) groups excluding carboxylic acids is 1. The van der Waals surface area contributed by atoms with E-state index in [0.717, 1.165) is 32.7 Å². The SMILES string of the molecule is CCCN1CCN(CC(NC2CC2)C(=O)OC)CC1. The summed E-state index contributed by atoms with van der Waals surface area (Å²) in [5.74, 6) is -0.122. The molecule has 0 aromatic heterocycles. The van der Waals surface area contributed by atoms with Gasteiger partial charge < -0.3 is 15.0 Å². The Balaban J connectivity index is 1.75. The molecule has 0 spiro atoms. The Morgan fingerprint density at radius 1 is 1.26 bits per heavy atom. The van der Waals surface area contributed by atoms with Crippen molar-refractivity contribution in [2.75, 3.05) is 46.4 Å². The van der Waals surface area contributed by atoms with Crippen molar-refractivity contribution in [2.45, 2.75) is 38.3 Å². The first-order chi connectivity index (χ1) is 9.22. The van der Waals surface area contributed by atoms with Crippen molar-refractivity contribution in [3.05, 3.63) is 0 Å². The fraction of sp³-hybridized carbons (Fsp3) is 0.929. The lowest BCUT2D eigenvalue weighted by Crippen LogP contribution is -2.53. The third-order valence-electron chi connectivity index (χ3n) is 3.95. The molecule has 19 heavy (non-hydrogen) atoms. The van der Waals surface area contributed by atoms with Crippen molar-refractivity contribution in [1.29, 1.82) is 0 Å². The molecule has 1 atom stereocenters. The molecule has 5 nitrogen and oxygen atoms in total. The van der Waals surface area contributed by atoms with Crippen LogP contribution in [0.1, 0.15) is 26.2 Å². The van der Waals surface area contributed by atoms with E-state index in [2.05, 4.69) is 22.0 Å². The Labute approximate surface area is 116 Å². The number of methoxy groups -OCH3 is 1. The van der Waals surface area contributed by atoms with Gasteiger partial charge in [-0.05, 0) is 25.8 Å². The van der Waals surface area contributed by atoms with Gasteiger partial charge in [0, 0.05) is 38.8 Å². The van der Waals surface area contributed by atoms with E-state index in [1.165, 1.54) is 32.9 Å². The molecule has 2 rings (SSSR count). The van der Waals surface area contributed by atoms with Crippen LogP contribution in [0.3, 0.4) is 0 Å². The summed E-state index contributed by atoms with van der Waals surface area (Å²) in [6.45, 7) is 8.53. The smallest absolute Gasteiger partial charge is 0.324 e. The minimum absolute atomic E-state index is 0.122. The number of nitrogens with zero attached hydrogens (tertiary/aromatic N) is 2. The quantitative estimate of drug-likeness (QED) is 0.674. The standard InChI is InChI=1S/C14H27N3O2/c1-3-6-16-7-9-17(10-8-16)11-13(14(18)19-2)15-12-4-5-12/h12-13,15H,3-11H2,1-2H3. The Bertz CT molecular complexity index is 286. The molecule has 1 unspecified atom stereocenters. The number of esters is 1. The highest BCUT2D eigenvalue weighted by atomic mass is 16.5. The summed E-state index contributed by atoms with van der Waals surface area (Å²) < 4.78 is 4.90. The van der Waals surface area contributed by atoms with Crippen molar-refractivity contribution in [3.8, 4) is 0 Å². The Kier molecular flexibility index (Phi) is 5.60. The molecular weight excluding hydrogens is 242 g/mol. The Morgan fingerprint density at radius 3 is 2.42 bits per heavy atom. The molecule has 1 aliphatic heterocycles. The molecule has 5 heteroatoms. The molecule has 1 aliphatic carbocycles. The maximum atomic E-state index is 11.8. The molecule has 1 heterocycles. The summed E-state index contributed by atoms with van der Waals surface area (Å²) in [7, 11) is 1.48. The maximum absolute atomic E-state index is 11.8. The van der Waals surface area contributed by atoms with E-state index in [4.69, 9.17) is 4.74 Å². The van der Waals surface area contributed by atoms with Crippen LogP contribution in [0.5, 0.6) is 0 Å². The molecule has 0 radical (unpaired) electrons. The molecule has 2 aliphatic rings. The molecule has 0 aromatic carbocycles. The van der Waals surface area contributed by atoms with E-state index in [1.807, 2.05) is 0 Å².